The van der Waals surface area contributed by atoms with Crippen LogP contribution in [0.1, 0.15) is 12.8 Å². The van der Waals surface area contributed by atoms with E-state index in [1.165, 1.54) is 0 Å². The number of hydrogen-bond acceptors (Lipinski definition) is 20. The lowest BCUT2D eigenvalue weighted by Crippen LogP contribution is -2.39. The van der Waals surface area contributed by atoms with Crippen LogP contribution >= 0.6 is 0 Å². The first-order valence-electron chi connectivity index (χ1n) is 21.8. The zero-order valence-corrected chi connectivity index (χ0v) is 36.6. The van der Waals surface area contributed by atoms with Crippen LogP contribution < -0.4 is 85.9 Å². The summed E-state index contributed by atoms with van der Waals surface area (Å²) in [5.74, 6) is -1.22. The predicted molar refractivity (Wildman–Crippen MR) is 237 cm³/mol. The summed E-state index contributed by atoms with van der Waals surface area (Å²) < 4.78 is 10.7. The van der Waals surface area contributed by atoms with Gasteiger partial charge in [-0.1, -0.05) is 0 Å². The lowest BCUT2D eigenvalue weighted by atomic mass is 10.3. The average molecular weight is 881 g/mol. The third kappa shape index (κ3) is 46.6. The minimum atomic E-state index is -0.693. The summed E-state index contributed by atoms with van der Waals surface area (Å²) in [6, 6.07) is 0. The normalized spacial score (nSPS) is 12.3. The molecule has 0 bridgehead atoms. The Hall–Kier alpha value is -2.76. The highest BCUT2D eigenvalue weighted by Gasteiger charge is 2.10. The van der Waals surface area contributed by atoms with Crippen molar-refractivity contribution in [2.24, 2.45) is 11.5 Å². The molecule has 20 N–H and O–H groups in total. The second-order valence-corrected chi connectivity index (χ2v) is 13.9. The van der Waals surface area contributed by atoms with Gasteiger partial charge >= 0.3 is 0 Å². The first-order chi connectivity index (χ1) is 29.8. The van der Waals surface area contributed by atoms with Gasteiger partial charge in [0.05, 0.1) is 25.4 Å². The topological polar surface area (TPSA) is 348 Å². The van der Waals surface area contributed by atoms with Crippen LogP contribution in [0.4, 0.5) is 0 Å². The summed E-state index contributed by atoms with van der Waals surface area (Å²) in [5.41, 5.74) is 10.8. The highest BCUT2D eigenvalue weighted by molar-refractivity contribution is 5.97. The molecular weight excluding hydrogens is 797 g/mol. The maximum atomic E-state index is 11.9. The van der Waals surface area contributed by atoms with Gasteiger partial charge in [-0.3, -0.25) is 19.2 Å². The fourth-order valence-corrected chi connectivity index (χ4v) is 5.05. The summed E-state index contributed by atoms with van der Waals surface area (Å²) in [6.07, 6.45) is -1.77. The maximum Gasteiger partial charge on any atom is 0.229 e. The molecule has 0 aromatic carbocycles. The fourth-order valence-electron chi connectivity index (χ4n) is 5.05. The summed E-state index contributed by atoms with van der Waals surface area (Å²) in [7, 11) is 0. The first-order valence-corrected chi connectivity index (χ1v) is 21.8. The Bertz CT molecular complexity index is 954. The van der Waals surface area contributed by atoms with E-state index in [2.05, 4.69) is 74.4 Å². The molecule has 0 aliphatic rings. The zero-order chi connectivity index (χ0) is 44.7. The van der Waals surface area contributed by atoms with Gasteiger partial charge in [0, 0.05) is 170 Å². The molecule has 0 heterocycles. The van der Waals surface area contributed by atoms with E-state index in [-0.39, 0.29) is 56.5 Å². The molecule has 0 saturated heterocycles. The summed E-state index contributed by atoms with van der Waals surface area (Å²) in [6.45, 7) is 16.7. The first kappa shape index (κ1) is 58.2. The maximum absolute atomic E-state index is 11.9. The largest absolute Gasteiger partial charge is 0.389 e. The van der Waals surface area contributed by atoms with Gasteiger partial charge < -0.3 is 106 Å². The Morgan fingerprint density at radius 1 is 0.361 bits per heavy atom. The number of carbonyl (C=O) groups is 4. The van der Waals surface area contributed by atoms with Crippen molar-refractivity contribution in [1.82, 2.24) is 74.4 Å². The SMILES string of the molecule is NCCNCCNCCNC(=O)CC(=O)NCCNCCNCCNCC(O)COCOCC(O)CNCCNCCNCCNC(=O)CC(=O)NCCNCCNCCN. The van der Waals surface area contributed by atoms with Crippen molar-refractivity contribution < 1.29 is 38.9 Å². The molecule has 0 aromatic rings. The van der Waals surface area contributed by atoms with Crippen molar-refractivity contribution in [1.29, 1.82) is 0 Å². The lowest BCUT2D eigenvalue weighted by molar-refractivity contribution is -0.130. The number of carbonyl (C=O) groups excluding carboxylic acids is 4. The summed E-state index contributed by atoms with van der Waals surface area (Å²) in [4.78, 5) is 47.5. The zero-order valence-electron chi connectivity index (χ0n) is 36.6. The number of nitrogens with one attached hydrogen (secondary N) is 14. The number of hydrogen-bond donors (Lipinski definition) is 18. The molecule has 0 aromatic heterocycles. The smallest absolute Gasteiger partial charge is 0.229 e. The molecule has 24 nitrogen and oxygen atoms in total. The number of aliphatic hydroxyl groups excluding tert-OH is 2. The molecule has 360 valence electrons. The van der Waals surface area contributed by atoms with E-state index in [1.54, 1.807) is 0 Å². The van der Waals surface area contributed by atoms with Crippen molar-refractivity contribution in [3.63, 3.8) is 0 Å². The van der Waals surface area contributed by atoms with E-state index in [9.17, 15) is 29.4 Å². The lowest BCUT2D eigenvalue weighted by Gasteiger charge is -2.15. The second kappa shape index (κ2) is 46.7. The van der Waals surface area contributed by atoms with E-state index in [1.807, 2.05) is 0 Å². The molecule has 0 radical (unpaired) electrons. The minimum absolute atomic E-state index is 0.0323. The van der Waals surface area contributed by atoms with Gasteiger partial charge in [0.25, 0.3) is 0 Å². The molecule has 0 aliphatic heterocycles. The van der Waals surface area contributed by atoms with Crippen LogP contribution in [0, 0.1) is 0 Å². The molecule has 0 spiro atoms. The molecule has 0 rings (SSSR count). The number of aliphatic hydroxyl groups is 2. The van der Waals surface area contributed by atoms with Crippen LogP contribution in [-0.2, 0) is 28.7 Å². The van der Waals surface area contributed by atoms with Crippen LogP contribution in [0.15, 0.2) is 0 Å². The Morgan fingerprint density at radius 3 is 0.852 bits per heavy atom. The van der Waals surface area contributed by atoms with Gasteiger partial charge in [-0.15, -0.1) is 0 Å². The number of amides is 4. The van der Waals surface area contributed by atoms with Crippen molar-refractivity contribution in [3.8, 4) is 0 Å². The monoisotopic (exact) mass is 881 g/mol. The molecule has 24 heteroatoms. The van der Waals surface area contributed by atoms with Gasteiger partial charge in [-0.2, -0.15) is 0 Å². The van der Waals surface area contributed by atoms with Crippen LogP contribution in [0.3, 0.4) is 0 Å². The van der Waals surface area contributed by atoms with E-state index < -0.39 is 12.2 Å². The van der Waals surface area contributed by atoms with E-state index in [4.69, 9.17) is 20.9 Å². The Labute approximate surface area is 363 Å². The van der Waals surface area contributed by atoms with E-state index >= 15 is 0 Å². The third-order valence-electron chi connectivity index (χ3n) is 8.20. The van der Waals surface area contributed by atoms with Gasteiger partial charge in [0.1, 0.15) is 19.6 Å². The second-order valence-electron chi connectivity index (χ2n) is 13.9. The Morgan fingerprint density at radius 2 is 0.590 bits per heavy atom. The molecule has 0 aliphatic carbocycles. The van der Waals surface area contributed by atoms with Crippen LogP contribution in [0.5, 0.6) is 0 Å². The summed E-state index contributed by atoms with van der Waals surface area (Å²) in [5, 5.41) is 63.1. The number of ether oxygens (including phenoxy) is 2. The third-order valence-corrected chi connectivity index (χ3v) is 8.20. The van der Waals surface area contributed by atoms with Crippen LogP contribution in [0.25, 0.3) is 0 Å². The van der Waals surface area contributed by atoms with Gasteiger partial charge in [-0.05, 0) is 0 Å². The Kier molecular flexibility index (Phi) is 44.6. The van der Waals surface area contributed by atoms with Crippen LogP contribution in [-0.4, -0.2) is 236 Å². The summed E-state index contributed by atoms with van der Waals surface area (Å²) >= 11 is 0. The fraction of sp³-hybridized carbons (Fsp3) is 0.892. The molecule has 2 atom stereocenters. The molecule has 4 amide bonds. The van der Waals surface area contributed by atoms with Gasteiger partial charge in [0.2, 0.25) is 23.6 Å². The molecular formula is C37H84N16O8. The highest BCUT2D eigenvalue weighted by Crippen LogP contribution is 1.89. The number of nitrogens with two attached hydrogens (primary N) is 2. The number of rotatable bonds is 48. The van der Waals surface area contributed by atoms with Gasteiger partial charge in [0.15, 0.2) is 0 Å². The Balaban J connectivity index is 3.42. The molecule has 61 heavy (non-hydrogen) atoms. The van der Waals surface area contributed by atoms with Crippen molar-refractivity contribution in [3.05, 3.63) is 0 Å². The molecule has 0 saturated carbocycles. The van der Waals surface area contributed by atoms with Gasteiger partial charge in [-0.25, -0.2) is 0 Å². The molecule has 0 fully saturated rings. The standard InChI is InChI=1S/C37H84N16O8/c38-1-3-40-5-7-44-17-21-50-34(56)25-36(58)52-23-19-46-11-9-42-13-15-48-27-32(54)29-60-31-61-30-33(55)28-49-16-14-43-10-12-47-20-24-53-37(59)26-35(57)51-22-18-45-8-6-41-4-2-39/h32-33,40-49,54-55H,1-31,38-39H2,(H,50,56)(H,51,57)(H,52,58)(H,53,59). The van der Waals surface area contributed by atoms with Crippen molar-refractivity contribution in [2.45, 2.75) is 25.0 Å². The molecule has 2 unspecified atom stereocenters. The average Bonchev–Trinajstić information content (AvgIpc) is 3.23. The van der Waals surface area contributed by atoms with E-state index in [0.717, 1.165) is 52.4 Å². The van der Waals surface area contributed by atoms with E-state index in [0.29, 0.717) is 118 Å². The van der Waals surface area contributed by atoms with Crippen molar-refractivity contribution >= 4 is 23.6 Å². The minimum Gasteiger partial charge on any atom is -0.389 e. The highest BCUT2D eigenvalue weighted by atomic mass is 16.7. The van der Waals surface area contributed by atoms with Crippen LogP contribution in [0.2, 0.25) is 0 Å². The van der Waals surface area contributed by atoms with Crippen molar-refractivity contribution in [2.75, 3.05) is 190 Å². The quantitative estimate of drug-likeness (QED) is 0.0153. The predicted octanol–water partition coefficient (Wildman–Crippen LogP) is -9.24.